The van der Waals surface area contributed by atoms with Crippen molar-refractivity contribution in [3.05, 3.63) is 29.3 Å². The minimum atomic E-state index is -0.941. The van der Waals surface area contributed by atoms with E-state index in [4.69, 9.17) is 5.73 Å². The van der Waals surface area contributed by atoms with Gasteiger partial charge in [0.15, 0.2) is 0 Å². The second-order valence-corrected chi connectivity index (χ2v) is 7.27. The topological polar surface area (TPSA) is 122 Å². The standard InChI is InChI=1S/C18H20N4O4/c19-8-18(5-6-18)9-20-10-1-2-11-12(7-10)17(26)22(16(11)25)13-3-4-14(23)21-15(13)24/h1-2,7,13,20H,3-6,8-9,19H2,(H,21,23,24). The van der Waals surface area contributed by atoms with Crippen LogP contribution in [0.2, 0.25) is 0 Å². The number of anilines is 1. The second-order valence-electron chi connectivity index (χ2n) is 7.27. The number of imide groups is 2. The van der Waals surface area contributed by atoms with E-state index >= 15 is 0 Å². The molecule has 136 valence electrons. The van der Waals surface area contributed by atoms with Gasteiger partial charge in [-0.1, -0.05) is 0 Å². The first kappa shape index (κ1) is 16.7. The van der Waals surface area contributed by atoms with Gasteiger partial charge in [0, 0.05) is 18.7 Å². The molecule has 0 radical (unpaired) electrons. The molecule has 1 aromatic carbocycles. The van der Waals surface area contributed by atoms with Crippen LogP contribution in [0.4, 0.5) is 5.69 Å². The molecule has 1 aromatic rings. The van der Waals surface area contributed by atoms with Crippen molar-refractivity contribution >= 4 is 29.3 Å². The highest BCUT2D eigenvalue weighted by molar-refractivity contribution is 6.23. The van der Waals surface area contributed by atoms with E-state index in [0.717, 1.165) is 30.0 Å². The lowest BCUT2D eigenvalue weighted by Gasteiger charge is -2.27. The SMILES string of the molecule is NCC1(CNc2ccc3c(c2)C(=O)N(C2CCC(=O)NC2=O)C3=O)CC1. The Morgan fingerprint density at radius 2 is 1.88 bits per heavy atom. The van der Waals surface area contributed by atoms with E-state index in [9.17, 15) is 19.2 Å². The Bertz CT molecular complexity index is 830. The van der Waals surface area contributed by atoms with Crippen LogP contribution < -0.4 is 16.4 Å². The summed E-state index contributed by atoms with van der Waals surface area (Å²) in [4.78, 5) is 49.7. The molecule has 1 saturated carbocycles. The highest BCUT2D eigenvalue weighted by atomic mass is 16.2. The maximum absolute atomic E-state index is 12.7. The summed E-state index contributed by atoms with van der Waals surface area (Å²) in [6.07, 6.45) is 2.43. The number of hydrogen-bond acceptors (Lipinski definition) is 6. The van der Waals surface area contributed by atoms with Gasteiger partial charge in [-0.25, -0.2) is 0 Å². The number of piperidine rings is 1. The summed E-state index contributed by atoms with van der Waals surface area (Å²) < 4.78 is 0. The van der Waals surface area contributed by atoms with Crippen LogP contribution in [0.5, 0.6) is 0 Å². The van der Waals surface area contributed by atoms with Gasteiger partial charge in [0.05, 0.1) is 11.1 Å². The summed E-state index contributed by atoms with van der Waals surface area (Å²) >= 11 is 0. The number of benzene rings is 1. The molecule has 1 atom stereocenters. The van der Waals surface area contributed by atoms with E-state index in [-0.39, 0.29) is 35.3 Å². The second kappa shape index (κ2) is 5.91. The summed E-state index contributed by atoms with van der Waals surface area (Å²) in [5, 5.41) is 5.47. The van der Waals surface area contributed by atoms with Crippen molar-refractivity contribution in [3.8, 4) is 0 Å². The molecule has 1 saturated heterocycles. The van der Waals surface area contributed by atoms with Crippen LogP contribution in [0, 0.1) is 5.41 Å². The van der Waals surface area contributed by atoms with Crippen molar-refractivity contribution in [3.63, 3.8) is 0 Å². The highest BCUT2D eigenvalue weighted by Crippen LogP contribution is 2.44. The van der Waals surface area contributed by atoms with Gasteiger partial charge in [-0.2, -0.15) is 0 Å². The summed E-state index contributed by atoms with van der Waals surface area (Å²) in [7, 11) is 0. The van der Waals surface area contributed by atoms with Gasteiger partial charge in [0.2, 0.25) is 11.8 Å². The highest BCUT2D eigenvalue weighted by Gasteiger charge is 2.45. The van der Waals surface area contributed by atoms with Crippen molar-refractivity contribution in [2.45, 2.75) is 31.7 Å². The summed E-state index contributed by atoms with van der Waals surface area (Å²) in [6, 6.07) is 4.06. The monoisotopic (exact) mass is 356 g/mol. The molecule has 1 unspecified atom stereocenters. The molecule has 8 nitrogen and oxygen atoms in total. The molecule has 26 heavy (non-hydrogen) atoms. The van der Waals surface area contributed by atoms with Crippen LogP contribution in [0.1, 0.15) is 46.4 Å². The van der Waals surface area contributed by atoms with Crippen LogP contribution >= 0.6 is 0 Å². The third-order valence-electron chi connectivity index (χ3n) is 5.50. The Balaban J connectivity index is 1.54. The molecule has 8 heteroatoms. The first-order chi connectivity index (χ1) is 12.4. The van der Waals surface area contributed by atoms with Crippen molar-refractivity contribution in [1.82, 2.24) is 10.2 Å². The lowest BCUT2D eigenvalue weighted by atomic mass is 10.0. The number of carbonyl (C=O) groups excluding carboxylic acids is 4. The van der Waals surface area contributed by atoms with Crippen LogP contribution in [0.25, 0.3) is 0 Å². The first-order valence-electron chi connectivity index (χ1n) is 8.74. The lowest BCUT2D eigenvalue weighted by molar-refractivity contribution is -0.136. The fourth-order valence-corrected chi connectivity index (χ4v) is 3.50. The molecule has 4 N–H and O–H groups in total. The number of fused-ring (bicyclic) bond motifs is 1. The Morgan fingerprint density at radius 3 is 2.54 bits per heavy atom. The summed E-state index contributed by atoms with van der Waals surface area (Å²) in [6.45, 7) is 1.34. The Hall–Kier alpha value is -2.74. The number of hydrogen-bond donors (Lipinski definition) is 3. The summed E-state index contributed by atoms with van der Waals surface area (Å²) in [5.74, 6) is -1.98. The largest absolute Gasteiger partial charge is 0.384 e. The minimum Gasteiger partial charge on any atom is -0.384 e. The quantitative estimate of drug-likeness (QED) is 0.650. The number of nitrogens with one attached hydrogen (secondary N) is 2. The predicted octanol–water partition coefficient (Wildman–Crippen LogP) is 0.239. The average Bonchev–Trinajstić information content (AvgIpc) is 3.37. The van der Waals surface area contributed by atoms with E-state index in [2.05, 4.69) is 10.6 Å². The molecular weight excluding hydrogens is 336 g/mol. The predicted molar refractivity (Wildman–Crippen MR) is 92.3 cm³/mol. The number of nitrogens with zero attached hydrogens (tertiary/aromatic N) is 1. The van der Waals surface area contributed by atoms with E-state index in [1.165, 1.54) is 0 Å². The maximum atomic E-state index is 12.7. The fraction of sp³-hybridized carbons (Fsp3) is 0.444. The Morgan fingerprint density at radius 1 is 1.15 bits per heavy atom. The van der Waals surface area contributed by atoms with Crippen LogP contribution in [-0.4, -0.2) is 47.7 Å². The summed E-state index contributed by atoms with van der Waals surface area (Å²) in [5.41, 5.74) is 7.22. The van der Waals surface area contributed by atoms with Crippen molar-refractivity contribution in [2.24, 2.45) is 11.1 Å². The molecule has 2 fully saturated rings. The van der Waals surface area contributed by atoms with Crippen LogP contribution in [0.3, 0.4) is 0 Å². The maximum Gasteiger partial charge on any atom is 0.262 e. The molecule has 2 aliphatic heterocycles. The van der Waals surface area contributed by atoms with Gasteiger partial charge in [-0.3, -0.25) is 29.4 Å². The van der Waals surface area contributed by atoms with Crippen molar-refractivity contribution in [2.75, 3.05) is 18.4 Å². The normalized spacial score (nSPS) is 23.7. The van der Waals surface area contributed by atoms with Gasteiger partial charge < -0.3 is 11.1 Å². The zero-order chi connectivity index (χ0) is 18.5. The first-order valence-corrected chi connectivity index (χ1v) is 8.74. The van der Waals surface area contributed by atoms with Crippen molar-refractivity contribution in [1.29, 1.82) is 0 Å². The number of amides is 4. The smallest absolute Gasteiger partial charge is 0.262 e. The molecule has 3 aliphatic rings. The molecule has 2 heterocycles. The molecule has 4 rings (SSSR count). The van der Waals surface area contributed by atoms with Gasteiger partial charge in [0.25, 0.3) is 11.8 Å². The van der Waals surface area contributed by atoms with Gasteiger partial charge in [-0.15, -0.1) is 0 Å². The van der Waals surface area contributed by atoms with E-state index in [1.54, 1.807) is 18.2 Å². The number of carbonyl (C=O) groups is 4. The van der Waals surface area contributed by atoms with E-state index in [0.29, 0.717) is 6.54 Å². The number of nitrogens with two attached hydrogens (primary N) is 1. The van der Waals surface area contributed by atoms with Gasteiger partial charge in [-0.05, 0) is 49.4 Å². The average molecular weight is 356 g/mol. The Kier molecular flexibility index (Phi) is 3.80. The molecule has 0 spiro atoms. The number of rotatable bonds is 5. The fourth-order valence-electron chi connectivity index (χ4n) is 3.50. The lowest BCUT2D eigenvalue weighted by Crippen LogP contribution is -2.54. The third kappa shape index (κ3) is 2.66. The molecule has 1 aliphatic carbocycles. The van der Waals surface area contributed by atoms with Crippen LogP contribution in [0.15, 0.2) is 18.2 Å². The molecular formula is C18H20N4O4. The van der Waals surface area contributed by atoms with E-state index in [1.807, 2.05) is 0 Å². The van der Waals surface area contributed by atoms with Gasteiger partial charge >= 0.3 is 0 Å². The molecule has 0 bridgehead atoms. The van der Waals surface area contributed by atoms with Crippen LogP contribution in [-0.2, 0) is 9.59 Å². The Labute approximate surface area is 150 Å². The van der Waals surface area contributed by atoms with Crippen molar-refractivity contribution < 1.29 is 19.2 Å². The van der Waals surface area contributed by atoms with Gasteiger partial charge in [0.1, 0.15) is 6.04 Å². The zero-order valence-corrected chi connectivity index (χ0v) is 14.2. The molecule has 0 aromatic heterocycles. The van der Waals surface area contributed by atoms with E-state index < -0.39 is 23.8 Å². The minimum absolute atomic E-state index is 0.109. The molecule has 4 amide bonds. The zero-order valence-electron chi connectivity index (χ0n) is 14.2. The third-order valence-corrected chi connectivity index (χ3v) is 5.50.